The number of nitrogens with zero attached hydrogens (tertiary/aromatic N) is 2. The maximum atomic E-state index is 13.9. The van der Waals surface area contributed by atoms with E-state index in [-0.39, 0.29) is 5.82 Å². The molecule has 1 fully saturated rings. The number of aromatic nitrogens is 2. The highest BCUT2D eigenvalue weighted by atomic mass is 79.9. The van der Waals surface area contributed by atoms with Crippen LogP contribution in [-0.4, -0.2) is 9.55 Å². The number of benzene rings is 1. The van der Waals surface area contributed by atoms with Crippen LogP contribution in [-0.2, 0) is 0 Å². The largest absolute Gasteiger partial charge is 0.369 e. The summed E-state index contributed by atoms with van der Waals surface area (Å²) >= 11 is 3.20. The molecule has 3 nitrogen and oxygen atoms in total. The second kappa shape index (κ2) is 5.02. The Bertz CT molecular complexity index is 652. The van der Waals surface area contributed by atoms with Crippen LogP contribution in [0.1, 0.15) is 39.2 Å². The van der Waals surface area contributed by atoms with E-state index in [1.165, 1.54) is 18.9 Å². The Morgan fingerprint density at radius 3 is 2.85 bits per heavy atom. The van der Waals surface area contributed by atoms with Crippen LogP contribution in [0.4, 0.5) is 10.3 Å². The minimum absolute atomic E-state index is 0.268. The summed E-state index contributed by atoms with van der Waals surface area (Å²) in [5, 5.41) is 0. The van der Waals surface area contributed by atoms with Crippen molar-refractivity contribution >= 4 is 32.9 Å². The van der Waals surface area contributed by atoms with Crippen LogP contribution in [0.2, 0.25) is 0 Å². The number of rotatable bonds is 1. The van der Waals surface area contributed by atoms with Gasteiger partial charge in [0, 0.05) is 12.1 Å². The molecule has 1 saturated carbocycles. The van der Waals surface area contributed by atoms with Crippen molar-refractivity contribution < 1.29 is 4.39 Å². The number of hydrogen-bond donors (Lipinski definition) is 1. The first-order valence-corrected chi connectivity index (χ1v) is 7.90. The van der Waals surface area contributed by atoms with Crippen LogP contribution in [0, 0.1) is 17.7 Å². The summed E-state index contributed by atoms with van der Waals surface area (Å²) in [5.74, 6) is 1.40. The number of fused-ring (bicyclic) bond motifs is 1. The summed E-state index contributed by atoms with van der Waals surface area (Å²) in [6, 6.07) is 3.55. The molecule has 108 valence electrons. The zero-order valence-electron chi connectivity index (χ0n) is 11.7. The first-order chi connectivity index (χ1) is 9.49. The number of imidazole rings is 1. The highest BCUT2D eigenvalue weighted by molar-refractivity contribution is 9.10. The van der Waals surface area contributed by atoms with E-state index in [1.54, 1.807) is 6.07 Å². The summed E-state index contributed by atoms with van der Waals surface area (Å²) in [5.41, 5.74) is 7.66. The lowest BCUT2D eigenvalue weighted by Crippen LogP contribution is -2.27. The van der Waals surface area contributed by atoms with Gasteiger partial charge in [0.05, 0.1) is 15.5 Å². The molecule has 0 spiro atoms. The average Bonchev–Trinajstić information content (AvgIpc) is 2.69. The van der Waals surface area contributed by atoms with Gasteiger partial charge in [-0.2, -0.15) is 0 Å². The lowest BCUT2D eigenvalue weighted by atomic mass is 9.78. The average molecular weight is 340 g/mol. The molecule has 0 radical (unpaired) electrons. The van der Waals surface area contributed by atoms with E-state index < -0.39 is 0 Å². The minimum atomic E-state index is -0.268. The maximum absolute atomic E-state index is 13.9. The van der Waals surface area contributed by atoms with E-state index >= 15 is 0 Å². The molecule has 1 aromatic heterocycles. The number of anilines is 1. The molecule has 2 N–H and O–H groups in total. The predicted octanol–water partition coefficient (Wildman–Crippen LogP) is 4.52. The SMILES string of the molecule is CC1CCCC(n2c(N)nc3cc(Br)c(F)cc32)C1C. The van der Waals surface area contributed by atoms with Gasteiger partial charge in [0.1, 0.15) is 5.82 Å². The predicted molar refractivity (Wildman–Crippen MR) is 83.0 cm³/mol. The summed E-state index contributed by atoms with van der Waals surface area (Å²) in [7, 11) is 0. The van der Waals surface area contributed by atoms with Crippen LogP contribution >= 0.6 is 15.9 Å². The van der Waals surface area contributed by atoms with Gasteiger partial charge >= 0.3 is 0 Å². The van der Waals surface area contributed by atoms with Crippen LogP contribution in [0.15, 0.2) is 16.6 Å². The van der Waals surface area contributed by atoms with Crippen LogP contribution in [0.25, 0.3) is 11.0 Å². The van der Waals surface area contributed by atoms with Crippen molar-refractivity contribution in [1.29, 1.82) is 0 Å². The Morgan fingerprint density at radius 1 is 1.35 bits per heavy atom. The van der Waals surface area contributed by atoms with Crippen molar-refractivity contribution in [2.24, 2.45) is 11.8 Å². The molecule has 0 amide bonds. The van der Waals surface area contributed by atoms with Crippen molar-refractivity contribution in [1.82, 2.24) is 9.55 Å². The van der Waals surface area contributed by atoms with E-state index in [4.69, 9.17) is 5.73 Å². The zero-order valence-corrected chi connectivity index (χ0v) is 13.3. The van der Waals surface area contributed by atoms with E-state index in [2.05, 4.69) is 34.8 Å². The fourth-order valence-electron chi connectivity index (χ4n) is 3.38. The van der Waals surface area contributed by atoms with Gasteiger partial charge in [0.25, 0.3) is 0 Å². The summed E-state index contributed by atoms with van der Waals surface area (Å²) in [6.45, 7) is 4.54. The third-order valence-electron chi connectivity index (χ3n) is 4.75. The van der Waals surface area contributed by atoms with E-state index in [0.717, 1.165) is 17.5 Å². The van der Waals surface area contributed by atoms with E-state index in [1.807, 2.05) is 4.57 Å². The molecule has 3 unspecified atom stereocenters. The van der Waals surface area contributed by atoms with Gasteiger partial charge < -0.3 is 10.3 Å². The minimum Gasteiger partial charge on any atom is -0.369 e. The fourth-order valence-corrected chi connectivity index (χ4v) is 3.71. The van der Waals surface area contributed by atoms with Crippen molar-refractivity contribution in [2.75, 3.05) is 5.73 Å². The van der Waals surface area contributed by atoms with Gasteiger partial charge in [0.2, 0.25) is 5.95 Å². The smallest absolute Gasteiger partial charge is 0.201 e. The first kappa shape index (κ1) is 13.9. The maximum Gasteiger partial charge on any atom is 0.201 e. The van der Waals surface area contributed by atoms with E-state index in [9.17, 15) is 4.39 Å². The number of nitrogen functional groups attached to an aromatic ring is 1. The van der Waals surface area contributed by atoms with Crippen molar-refractivity contribution in [3.63, 3.8) is 0 Å². The fraction of sp³-hybridized carbons (Fsp3) is 0.533. The third-order valence-corrected chi connectivity index (χ3v) is 5.36. The summed E-state index contributed by atoms with van der Waals surface area (Å²) < 4.78 is 16.3. The Balaban J connectivity index is 2.15. The molecular weight excluding hydrogens is 321 g/mol. The Hall–Kier alpha value is -1.10. The van der Waals surface area contributed by atoms with Crippen LogP contribution in [0.3, 0.4) is 0 Å². The highest BCUT2D eigenvalue weighted by Gasteiger charge is 2.30. The molecule has 0 bridgehead atoms. The molecule has 1 aromatic carbocycles. The van der Waals surface area contributed by atoms with Gasteiger partial charge in [-0.25, -0.2) is 9.37 Å². The molecule has 3 atom stereocenters. The lowest BCUT2D eigenvalue weighted by Gasteiger charge is -2.35. The van der Waals surface area contributed by atoms with Gasteiger partial charge in [-0.3, -0.25) is 0 Å². The van der Waals surface area contributed by atoms with Gasteiger partial charge in [-0.15, -0.1) is 0 Å². The molecule has 1 aliphatic rings. The first-order valence-electron chi connectivity index (χ1n) is 7.11. The Morgan fingerprint density at radius 2 is 2.10 bits per heavy atom. The van der Waals surface area contributed by atoms with Crippen molar-refractivity contribution in [2.45, 2.75) is 39.2 Å². The molecule has 0 saturated heterocycles. The molecule has 1 heterocycles. The molecule has 20 heavy (non-hydrogen) atoms. The highest BCUT2D eigenvalue weighted by Crippen LogP contribution is 2.40. The van der Waals surface area contributed by atoms with Crippen LogP contribution < -0.4 is 5.73 Å². The molecule has 2 aromatic rings. The van der Waals surface area contributed by atoms with Crippen molar-refractivity contribution in [3.8, 4) is 0 Å². The lowest BCUT2D eigenvalue weighted by molar-refractivity contribution is 0.191. The third kappa shape index (κ3) is 2.12. The number of halogens is 2. The molecule has 3 rings (SSSR count). The molecular formula is C15H19BrFN3. The van der Waals surface area contributed by atoms with Gasteiger partial charge in [0.15, 0.2) is 0 Å². The van der Waals surface area contributed by atoms with E-state index in [0.29, 0.717) is 28.3 Å². The van der Waals surface area contributed by atoms with Crippen LogP contribution in [0.5, 0.6) is 0 Å². The summed E-state index contributed by atoms with van der Waals surface area (Å²) in [6.07, 6.45) is 3.53. The molecule has 1 aliphatic carbocycles. The number of nitrogens with two attached hydrogens (primary N) is 1. The topological polar surface area (TPSA) is 43.8 Å². The number of hydrogen-bond acceptors (Lipinski definition) is 2. The normalized spacial score (nSPS) is 27.1. The van der Waals surface area contributed by atoms with Gasteiger partial charge in [-0.1, -0.05) is 26.7 Å². The Labute approximate surface area is 126 Å². The molecule has 5 heteroatoms. The summed E-state index contributed by atoms with van der Waals surface area (Å²) in [4.78, 5) is 4.39. The molecule has 0 aliphatic heterocycles. The van der Waals surface area contributed by atoms with Crippen molar-refractivity contribution in [3.05, 3.63) is 22.4 Å². The zero-order chi connectivity index (χ0) is 14.4. The second-order valence-electron chi connectivity index (χ2n) is 5.93. The Kier molecular flexibility index (Phi) is 3.48. The second-order valence-corrected chi connectivity index (χ2v) is 6.78. The van der Waals surface area contributed by atoms with Gasteiger partial charge in [-0.05, 0) is 40.3 Å². The standard InChI is InChI=1S/C15H19BrFN3/c1-8-4-3-5-13(9(8)2)20-14-7-11(17)10(16)6-12(14)19-15(20)18/h6-9,13H,3-5H2,1-2H3,(H2,18,19). The monoisotopic (exact) mass is 339 g/mol. The quantitative estimate of drug-likeness (QED) is 0.830.